The molecule has 5 rings (SSSR count). The Bertz CT molecular complexity index is 1650. The van der Waals surface area contributed by atoms with Crippen LogP contribution in [0.5, 0.6) is 5.75 Å². The van der Waals surface area contributed by atoms with Crippen LogP contribution in [0.1, 0.15) is 27.0 Å². The van der Waals surface area contributed by atoms with Crippen molar-refractivity contribution in [2.75, 3.05) is 19.0 Å². The summed E-state index contributed by atoms with van der Waals surface area (Å²) in [6.45, 7) is 4.24. The summed E-state index contributed by atoms with van der Waals surface area (Å²) in [6.07, 6.45) is 1.92. The Morgan fingerprint density at radius 2 is 1.54 bits per heavy atom. The van der Waals surface area contributed by atoms with Crippen LogP contribution in [-0.2, 0) is 11.3 Å². The van der Waals surface area contributed by atoms with E-state index in [1.54, 1.807) is 31.4 Å². The van der Waals surface area contributed by atoms with Gasteiger partial charge in [-0.15, -0.1) is 0 Å². The van der Waals surface area contributed by atoms with Crippen molar-refractivity contribution in [1.82, 2.24) is 14.5 Å². The summed E-state index contributed by atoms with van der Waals surface area (Å²) in [5.74, 6) is 0.433. The van der Waals surface area contributed by atoms with Crippen LogP contribution >= 0.6 is 0 Å². The molecule has 4 aromatic carbocycles. The first-order chi connectivity index (χ1) is 19.9. The molecule has 0 saturated heterocycles. The first-order valence-electron chi connectivity index (χ1n) is 13.4. The average Bonchev–Trinajstić information content (AvgIpc) is 3.42. The molecule has 1 N–H and O–H groups in total. The van der Waals surface area contributed by atoms with Crippen molar-refractivity contribution >= 4 is 17.8 Å². The van der Waals surface area contributed by atoms with Crippen molar-refractivity contribution in [2.45, 2.75) is 20.4 Å². The molecule has 0 atom stereocenters. The van der Waals surface area contributed by atoms with Gasteiger partial charge in [0, 0.05) is 29.6 Å². The van der Waals surface area contributed by atoms with E-state index in [2.05, 4.69) is 25.2 Å². The van der Waals surface area contributed by atoms with Gasteiger partial charge in [0.05, 0.1) is 12.8 Å². The second-order valence-corrected chi connectivity index (χ2v) is 9.88. The zero-order valence-electron chi connectivity index (χ0n) is 23.4. The van der Waals surface area contributed by atoms with Gasteiger partial charge >= 0.3 is 0 Å². The zero-order chi connectivity index (χ0) is 28.8. The minimum absolute atomic E-state index is 0.153. The quantitative estimate of drug-likeness (QED) is 0.232. The Morgan fingerprint density at radius 1 is 0.854 bits per heavy atom. The standard InChI is InChI=1S/C34H32N4O3/c1-24-14-17-29(20-25(24)2)38-22-31(27-12-8-5-9-13-27)35-34(38)36-32(39)23-37(21-26-10-6-4-7-11-26)33(40)28-15-18-30(41-3)19-16-28/h4-20,22H,21,23H2,1-3H3,(H,35,36,39). The van der Waals surface area contributed by atoms with E-state index >= 15 is 0 Å². The van der Waals surface area contributed by atoms with Gasteiger partial charge in [-0.2, -0.15) is 0 Å². The van der Waals surface area contributed by atoms with E-state index in [1.807, 2.05) is 83.6 Å². The number of methoxy groups -OCH3 is 1. The third-order valence-corrected chi connectivity index (χ3v) is 6.97. The van der Waals surface area contributed by atoms with E-state index in [9.17, 15) is 9.59 Å². The minimum atomic E-state index is -0.349. The number of imidazole rings is 1. The highest BCUT2D eigenvalue weighted by molar-refractivity contribution is 5.99. The summed E-state index contributed by atoms with van der Waals surface area (Å²) in [5.41, 5.74) is 6.25. The number of rotatable bonds is 9. The molecule has 41 heavy (non-hydrogen) atoms. The Kier molecular flexibility index (Phi) is 8.25. The Labute approximate surface area is 240 Å². The van der Waals surface area contributed by atoms with E-state index < -0.39 is 0 Å². The zero-order valence-corrected chi connectivity index (χ0v) is 23.4. The lowest BCUT2D eigenvalue weighted by atomic mass is 10.1. The monoisotopic (exact) mass is 544 g/mol. The molecule has 0 spiro atoms. The van der Waals surface area contributed by atoms with Crippen molar-refractivity contribution < 1.29 is 14.3 Å². The Hall–Kier alpha value is -5.17. The second-order valence-electron chi connectivity index (χ2n) is 9.88. The van der Waals surface area contributed by atoms with E-state index in [0.29, 0.717) is 17.3 Å². The van der Waals surface area contributed by atoms with Gasteiger partial charge < -0.3 is 9.64 Å². The topological polar surface area (TPSA) is 76.5 Å². The van der Waals surface area contributed by atoms with Gasteiger partial charge in [0.25, 0.3) is 5.91 Å². The number of hydrogen-bond acceptors (Lipinski definition) is 4. The lowest BCUT2D eigenvalue weighted by Gasteiger charge is -2.23. The highest BCUT2D eigenvalue weighted by Gasteiger charge is 2.21. The summed E-state index contributed by atoms with van der Waals surface area (Å²) < 4.78 is 7.11. The molecule has 0 bridgehead atoms. The van der Waals surface area contributed by atoms with Crippen LogP contribution in [0.15, 0.2) is 109 Å². The van der Waals surface area contributed by atoms with Crippen LogP contribution in [0.2, 0.25) is 0 Å². The predicted molar refractivity (Wildman–Crippen MR) is 161 cm³/mol. The minimum Gasteiger partial charge on any atom is -0.497 e. The number of aromatic nitrogens is 2. The first kappa shape index (κ1) is 27.4. The summed E-state index contributed by atoms with van der Waals surface area (Å²) in [7, 11) is 1.58. The van der Waals surface area contributed by atoms with E-state index in [0.717, 1.165) is 28.1 Å². The van der Waals surface area contributed by atoms with Crippen molar-refractivity contribution in [2.24, 2.45) is 0 Å². The molecule has 1 aromatic heterocycles. The molecule has 0 saturated carbocycles. The van der Waals surface area contributed by atoms with Crippen LogP contribution < -0.4 is 10.1 Å². The van der Waals surface area contributed by atoms with Crippen LogP contribution in [0.4, 0.5) is 5.95 Å². The van der Waals surface area contributed by atoms with Gasteiger partial charge in [-0.25, -0.2) is 4.98 Å². The van der Waals surface area contributed by atoms with Gasteiger partial charge in [0.15, 0.2) is 0 Å². The molecule has 0 aliphatic heterocycles. The molecule has 7 heteroatoms. The van der Waals surface area contributed by atoms with E-state index in [1.165, 1.54) is 10.5 Å². The van der Waals surface area contributed by atoms with Crippen molar-refractivity contribution in [3.63, 3.8) is 0 Å². The van der Waals surface area contributed by atoms with Gasteiger partial charge in [-0.1, -0.05) is 66.7 Å². The number of nitrogens with one attached hydrogen (secondary N) is 1. The third-order valence-electron chi connectivity index (χ3n) is 6.97. The average molecular weight is 545 g/mol. The fourth-order valence-electron chi connectivity index (χ4n) is 4.55. The van der Waals surface area contributed by atoms with Crippen molar-refractivity contribution in [1.29, 1.82) is 0 Å². The summed E-state index contributed by atoms with van der Waals surface area (Å²) in [4.78, 5) is 33.4. The maximum absolute atomic E-state index is 13.6. The van der Waals surface area contributed by atoms with Crippen molar-refractivity contribution in [3.05, 3.63) is 132 Å². The fraction of sp³-hybridized carbons (Fsp3) is 0.147. The summed E-state index contributed by atoms with van der Waals surface area (Å²) in [5, 5.41) is 2.97. The smallest absolute Gasteiger partial charge is 0.254 e. The Balaban J connectivity index is 1.44. The summed E-state index contributed by atoms with van der Waals surface area (Å²) >= 11 is 0. The molecule has 206 valence electrons. The largest absolute Gasteiger partial charge is 0.497 e. The highest BCUT2D eigenvalue weighted by atomic mass is 16.5. The molecule has 0 aliphatic rings. The molecule has 1 heterocycles. The number of aryl methyl sites for hydroxylation is 2. The number of benzene rings is 4. The molecule has 7 nitrogen and oxygen atoms in total. The maximum Gasteiger partial charge on any atom is 0.254 e. The van der Waals surface area contributed by atoms with Crippen molar-refractivity contribution in [3.8, 4) is 22.7 Å². The number of carbonyl (C=O) groups excluding carboxylic acids is 2. The number of anilines is 1. The van der Waals surface area contributed by atoms with Crippen LogP contribution in [-0.4, -0.2) is 39.9 Å². The second kappa shape index (κ2) is 12.3. The van der Waals surface area contributed by atoms with Crippen LogP contribution in [0.25, 0.3) is 16.9 Å². The molecular formula is C34H32N4O3. The molecule has 2 amide bonds. The first-order valence-corrected chi connectivity index (χ1v) is 13.4. The lowest BCUT2D eigenvalue weighted by molar-refractivity contribution is -0.117. The molecular weight excluding hydrogens is 512 g/mol. The number of carbonyl (C=O) groups is 2. The fourth-order valence-corrected chi connectivity index (χ4v) is 4.55. The highest BCUT2D eigenvalue weighted by Crippen LogP contribution is 2.25. The maximum atomic E-state index is 13.6. The Morgan fingerprint density at radius 3 is 2.20 bits per heavy atom. The van der Waals surface area contributed by atoms with Gasteiger partial charge in [0.2, 0.25) is 11.9 Å². The number of ether oxygens (including phenoxy) is 1. The van der Waals surface area contributed by atoms with Gasteiger partial charge in [0.1, 0.15) is 12.3 Å². The summed E-state index contributed by atoms with van der Waals surface area (Å²) in [6, 6.07) is 32.4. The number of hydrogen-bond donors (Lipinski definition) is 1. The van der Waals surface area contributed by atoms with Gasteiger partial charge in [-0.3, -0.25) is 19.5 Å². The van der Waals surface area contributed by atoms with Crippen LogP contribution in [0.3, 0.4) is 0 Å². The van der Waals surface area contributed by atoms with Crippen LogP contribution in [0, 0.1) is 13.8 Å². The number of amides is 2. The SMILES string of the molecule is COc1ccc(C(=O)N(CC(=O)Nc2nc(-c3ccccc3)cn2-c2ccc(C)c(C)c2)Cc2ccccc2)cc1. The molecule has 0 aliphatic carbocycles. The molecule has 0 radical (unpaired) electrons. The van der Waals surface area contributed by atoms with E-state index in [-0.39, 0.29) is 24.9 Å². The van der Waals surface area contributed by atoms with E-state index in [4.69, 9.17) is 9.72 Å². The predicted octanol–water partition coefficient (Wildman–Crippen LogP) is 6.45. The normalized spacial score (nSPS) is 10.7. The number of nitrogens with zero attached hydrogens (tertiary/aromatic N) is 3. The van der Waals surface area contributed by atoms with Gasteiger partial charge in [-0.05, 0) is 66.9 Å². The molecule has 0 unspecified atom stereocenters. The third kappa shape index (κ3) is 6.53. The lowest BCUT2D eigenvalue weighted by Crippen LogP contribution is -2.38. The molecule has 5 aromatic rings. The molecule has 0 fully saturated rings.